The lowest BCUT2D eigenvalue weighted by Crippen LogP contribution is -2.30. The lowest BCUT2D eigenvalue weighted by Gasteiger charge is -2.15. The Labute approximate surface area is 188 Å². The zero-order valence-corrected chi connectivity index (χ0v) is 19.0. The normalized spacial score (nSPS) is 11.2. The molecule has 1 aromatic carbocycles. The third-order valence-corrected chi connectivity index (χ3v) is 3.62. The third kappa shape index (κ3) is 12.4. The van der Waals surface area contributed by atoms with E-state index in [2.05, 4.69) is 32.5 Å². The van der Waals surface area contributed by atoms with E-state index < -0.39 is 6.23 Å². The van der Waals surface area contributed by atoms with Gasteiger partial charge in [0.05, 0.1) is 19.8 Å². The highest BCUT2D eigenvalue weighted by Crippen LogP contribution is 2.14. The maximum absolute atomic E-state index is 12.1. The van der Waals surface area contributed by atoms with Crippen LogP contribution in [0.15, 0.2) is 29.4 Å². The molecule has 0 spiro atoms. The largest absolute Gasteiger partial charge is 0.491 e. The number of rotatable bonds is 13. The number of hydrogen-bond donors (Lipinski definition) is 2. The molecule has 10 heteroatoms. The van der Waals surface area contributed by atoms with Crippen LogP contribution in [0.25, 0.3) is 10.4 Å². The zero-order valence-electron chi connectivity index (χ0n) is 19.0. The van der Waals surface area contributed by atoms with E-state index in [4.69, 9.17) is 19.7 Å². The van der Waals surface area contributed by atoms with Crippen molar-refractivity contribution in [1.29, 1.82) is 0 Å². The fourth-order valence-corrected chi connectivity index (χ4v) is 2.27. The lowest BCUT2D eigenvalue weighted by molar-refractivity contribution is -0.126. The number of carbonyl (C=O) groups excluding carboxylic acids is 2. The van der Waals surface area contributed by atoms with Crippen molar-refractivity contribution >= 4 is 11.8 Å². The van der Waals surface area contributed by atoms with Gasteiger partial charge in [0, 0.05) is 22.4 Å². The molecule has 0 heterocycles. The van der Waals surface area contributed by atoms with Crippen LogP contribution < -0.4 is 15.4 Å². The van der Waals surface area contributed by atoms with Crippen molar-refractivity contribution in [3.05, 3.63) is 40.3 Å². The molecular formula is C22H31N5O5. The van der Waals surface area contributed by atoms with Crippen LogP contribution >= 0.6 is 0 Å². The van der Waals surface area contributed by atoms with Crippen molar-refractivity contribution in [3.63, 3.8) is 0 Å². The van der Waals surface area contributed by atoms with Gasteiger partial charge in [0.1, 0.15) is 19.0 Å². The van der Waals surface area contributed by atoms with E-state index in [1.165, 1.54) is 0 Å². The van der Waals surface area contributed by atoms with Gasteiger partial charge < -0.3 is 24.8 Å². The number of carbonyl (C=O) groups is 2. The molecule has 10 nitrogen and oxygen atoms in total. The summed E-state index contributed by atoms with van der Waals surface area (Å²) in [7, 11) is 0. The van der Waals surface area contributed by atoms with Crippen molar-refractivity contribution in [2.45, 2.75) is 40.0 Å². The van der Waals surface area contributed by atoms with Crippen LogP contribution in [0.5, 0.6) is 5.75 Å². The first-order valence-electron chi connectivity index (χ1n) is 10.3. The minimum atomic E-state index is -0.892. The molecule has 2 N–H and O–H groups in total. The number of azide groups is 1. The van der Waals surface area contributed by atoms with E-state index in [1.807, 2.05) is 27.7 Å². The Hall–Kier alpha value is -3.25. The van der Waals surface area contributed by atoms with Gasteiger partial charge in [0.15, 0.2) is 6.23 Å². The molecule has 0 aliphatic heterocycles. The molecule has 0 aliphatic rings. The Morgan fingerprint density at radius 3 is 2.69 bits per heavy atom. The predicted octanol–water partition coefficient (Wildman–Crippen LogP) is 2.65. The molecule has 1 atom stereocenters. The van der Waals surface area contributed by atoms with Crippen LogP contribution in [-0.2, 0) is 14.3 Å². The van der Waals surface area contributed by atoms with Crippen molar-refractivity contribution in [2.75, 3.05) is 33.0 Å². The third-order valence-electron chi connectivity index (χ3n) is 3.62. The van der Waals surface area contributed by atoms with Gasteiger partial charge in [-0.05, 0) is 37.6 Å². The molecule has 1 aromatic rings. The number of hydrogen-bond acceptors (Lipinski definition) is 6. The van der Waals surface area contributed by atoms with Crippen molar-refractivity contribution < 1.29 is 23.8 Å². The van der Waals surface area contributed by atoms with Gasteiger partial charge in [0.25, 0.3) is 5.91 Å². The van der Waals surface area contributed by atoms with Gasteiger partial charge in [-0.3, -0.25) is 9.59 Å². The molecule has 1 rings (SSSR count). The summed E-state index contributed by atoms with van der Waals surface area (Å²) in [5.74, 6) is 6.00. The van der Waals surface area contributed by atoms with Gasteiger partial charge in [-0.15, -0.1) is 0 Å². The molecular weight excluding hydrogens is 414 g/mol. The summed E-state index contributed by atoms with van der Waals surface area (Å²) in [6, 6.07) is 6.67. The molecule has 0 aromatic heterocycles. The standard InChI is InChI=1S/C22H31N5O5/c1-16(2)7-6-10-24-20(28)14-30-11-12-31-21(26-27-23)15-32-19-9-5-8-18(13-19)22(29)25-17(3)4/h5,8-9,13,16-17,21H,10-12,14-15H2,1-4H3,(H,24,28)(H,25,29). The summed E-state index contributed by atoms with van der Waals surface area (Å²) < 4.78 is 16.3. The minimum Gasteiger partial charge on any atom is -0.491 e. The SMILES string of the molecule is CC(C)C#CCNC(=O)COCCOC(COc1cccc(C(=O)NC(C)C)c1)N=[N+]=[N-]. The molecule has 2 amide bonds. The topological polar surface area (TPSA) is 135 Å². The Morgan fingerprint density at radius 1 is 1.22 bits per heavy atom. The monoisotopic (exact) mass is 445 g/mol. The average Bonchev–Trinajstić information content (AvgIpc) is 2.74. The molecule has 0 aliphatic carbocycles. The number of amides is 2. The highest BCUT2D eigenvalue weighted by atomic mass is 16.6. The van der Waals surface area contributed by atoms with Crippen molar-refractivity contribution in [1.82, 2.24) is 10.6 Å². The quantitative estimate of drug-likeness (QED) is 0.158. The predicted molar refractivity (Wildman–Crippen MR) is 120 cm³/mol. The van der Waals surface area contributed by atoms with Crippen LogP contribution in [-0.4, -0.2) is 57.1 Å². The molecule has 0 radical (unpaired) electrons. The van der Waals surface area contributed by atoms with E-state index in [-0.39, 0.29) is 56.7 Å². The smallest absolute Gasteiger partial charge is 0.251 e. The summed E-state index contributed by atoms with van der Waals surface area (Å²) in [4.78, 5) is 26.5. The van der Waals surface area contributed by atoms with Gasteiger partial charge >= 0.3 is 0 Å². The molecule has 0 fully saturated rings. The first-order valence-corrected chi connectivity index (χ1v) is 10.3. The summed E-state index contributed by atoms with van der Waals surface area (Å²) in [5.41, 5.74) is 9.18. The molecule has 0 bridgehead atoms. The van der Waals surface area contributed by atoms with Gasteiger partial charge in [-0.25, -0.2) is 0 Å². The fraction of sp³-hybridized carbons (Fsp3) is 0.545. The van der Waals surface area contributed by atoms with E-state index in [0.717, 1.165) is 0 Å². The van der Waals surface area contributed by atoms with Crippen LogP contribution in [0, 0.1) is 17.8 Å². The lowest BCUT2D eigenvalue weighted by atomic mass is 10.2. The first kappa shape index (κ1) is 26.8. The highest BCUT2D eigenvalue weighted by Gasteiger charge is 2.11. The second kappa shape index (κ2) is 15.5. The van der Waals surface area contributed by atoms with Crippen molar-refractivity contribution in [2.24, 2.45) is 11.0 Å². The van der Waals surface area contributed by atoms with Crippen LogP contribution in [0.3, 0.4) is 0 Å². The highest BCUT2D eigenvalue weighted by molar-refractivity contribution is 5.94. The Kier molecular flexibility index (Phi) is 13.0. The van der Waals surface area contributed by atoms with E-state index in [9.17, 15) is 9.59 Å². The zero-order chi connectivity index (χ0) is 23.8. The van der Waals surface area contributed by atoms with Gasteiger partial charge in [0.2, 0.25) is 5.91 Å². The number of nitrogens with one attached hydrogen (secondary N) is 2. The Bertz CT molecular complexity index is 841. The van der Waals surface area contributed by atoms with Crippen LogP contribution in [0.4, 0.5) is 0 Å². The molecule has 0 saturated carbocycles. The molecule has 174 valence electrons. The maximum atomic E-state index is 12.1. The van der Waals surface area contributed by atoms with E-state index in [0.29, 0.717) is 11.3 Å². The Balaban J connectivity index is 2.36. The second-order valence-electron chi connectivity index (χ2n) is 7.30. The molecule has 1 unspecified atom stereocenters. The molecule has 32 heavy (non-hydrogen) atoms. The van der Waals surface area contributed by atoms with Gasteiger partial charge in [-0.2, -0.15) is 0 Å². The average molecular weight is 446 g/mol. The second-order valence-corrected chi connectivity index (χ2v) is 7.30. The van der Waals surface area contributed by atoms with E-state index in [1.54, 1.807) is 24.3 Å². The Morgan fingerprint density at radius 2 is 2.00 bits per heavy atom. The number of nitrogens with zero attached hydrogens (tertiary/aromatic N) is 3. The molecule has 0 saturated heterocycles. The van der Waals surface area contributed by atoms with Crippen molar-refractivity contribution in [3.8, 4) is 17.6 Å². The first-order chi connectivity index (χ1) is 15.3. The summed E-state index contributed by atoms with van der Waals surface area (Å²) in [6.07, 6.45) is -0.892. The summed E-state index contributed by atoms with van der Waals surface area (Å²) in [5, 5.41) is 8.97. The van der Waals surface area contributed by atoms with Gasteiger partial charge in [-0.1, -0.05) is 36.9 Å². The van der Waals surface area contributed by atoms with Crippen LogP contribution in [0.2, 0.25) is 0 Å². The number of ether oxygens (including phenoxy) is 3. The van der Waals surface area contributed by atoms with E-state index >= 15 is 0 Å². The summed E-state index contributed by atoms with van der Waals surface area (Å²) in [6.45, 7) is 8.02. The minimum absolute atomic E-state index is 0.0154. The number of benzene rings is 1. The fourth-order valence-electron chi connectivity index (χ4n) is 2.27. The summed E-state index contributed by atoms with van der Waals surface area (Å²) >= 11 is 0. The maximum Gasteiger partial charge on any atom is 0.251 e. The van der Waals surface area contributed by atoms with Crippen LogP contribution in [0.1, 0.15) is 38.1 Å².